The van der Waals surface area contributed by atoms with E-state index in [1.807, 2.05) is 54.6 Å². The minimum Gasteiger partial charge on any atom is -0.497 e. The summed E-state index contributed by atoms with van der Waals surface area (Å²) in [5, 5.41) is 4.94. The van der Waals surface area contributed by atoms with Crippen molar-refractivity contribution < 1.29 is 23.7 Å². The molecule has 6 nitrogen and oxygen atoms in total. The van der Waals surface area contributed by atoms with E-state index in [0.717, 1.165) is 22.1 Å². The number of methoxy groups -OCH3 is 3. The number of fused-ring (bicyclic) bond motifs is 1. The van der Waals surface area contributed by atoms with Gasteiger partial charge >= 0.3 is 0 Å². The summed E-state index contributed by atoms with van der Waals surface area (Å²) in [6.07, 6.45) is -0.641. The van der Waals surface area contributed by atoms with Crippen LogP contribution in [0, 0.1) is 0 Å². The van der Waals surface area contributed by atoms with Crippen LogP contribution in [0.5, 0.6) is 23.0 Å². The maximum absolute atomic E-state index is 12.5. The molecule has 1 N–H and O–H groups in total. The van der Waals surface area contributed by atoms with E-state index in [4.69, 9.17) is 18.9 Å². The van der Waals surface area contributed by atoms with E-state index >= 15 is 0 Å². The second-order valence-electron chi connectivity index (χ2n) is 6.54. The van der Waals surface area contributed by atoms with Gasteiger partial charge in [0.1, 0.15) is 11.5 Å². The zero-order chi connectivity index (χ0) is 20.8. The summed E-state index contributed by atoms with van der Waals surface area (Å²) >= 11 is 0. The van der Waals surface area contributed by atoms with Gasteiger partial charge in [-0.1, -0.05) is 18.2 Å². The topological polar surface area (TPSA) is 66.0 Å². The van der Waals surface area contributed by atoms with Crippen molar-refractivity contribution in [3.8, 4) is 23.0 Å². The largest absolute Gasteiger partial charge is 0.497 e. The monoisotopic (exact) mass is 395 g/mol. The van der Waals surface area contributed by atoms with E-state index in [0.29, 0.717) is 23.8 Å². The van der Waals surface area contributed by atoms with Gasteiger partial charge in [0.2, 0.25) is 0 Å². The average molecular weight is 395 g/mol. The highest BCUT2D eigenvalue weighted by atomic mass is 16.5. The van der Waals surface area contributed by atoms with Gasteiger partial charge in [0, 0.05) is 6.54 Å². The van der Waals surface area contributed by atoms with Crippen molar-refractivity contribution in [3.63, 3.8) is 0 Å². The molecule has 0 fully saturated rings. The van der Waals surface area contributed by atoms with Crippen molar-refractivity contribution in [2.24, 2.45) is 0 Å². The van der Waals surface area contributed by atoms with Gasteiger partial charge in [0.15, 0.2) is 17.6 Å². The summed E-state index contributed by atoms with van der Waals surface area (Å²) in [4.78, 5) is 12.5. The Morgan fingerprint density at radius 1 is 0.828 bits per heavy atom. The normalized spacial score (nSPS) is 11.6. The van der Waals surface area contributed by atoms with Gasteiger partial charge in [0.25, 0.3) is 5.91 Å². The van der Waals surface area contributed by atoms with E-state index in [1.54, 1.807) is 28.3 Å². The highest BCUT2D eigenvalue weighted by Crippen LogP contribution is 2.28. The Balaban J connectivity index is 1.62. The van der Waals surface area contributed by atoms with Gasteiger partial charge in [-0.05, 0) is 59.7 Å². The molecule has 0 radical (unpaired) electrons. The Labute approximate surface area is 170 Å². The van der Waals surface area contributed by atoms with Crippen LogP contribution in [0.4, 0.5) is 0 Å². The van der Waals surface area contributed by atoms with E-state index in [1.165, 1.54) is 0 Å². The lowest BCUT2D eigenvalue weighted by molar-refractivity contribution is -0.127. The molecular weight excluding hydrogens is 370 g/mol. The molecule has 0 unspecified atom stereocenters. The lowest BCUT2D eigenvalue weighted by Gasteiger charge is -2.16. The summed E-state index contributed by atoms with van der Waals surface area (Å²) in [5.74, 6) is 2.46. The van der Waals surface area contributed by atoms with Gasteiger partial charge in [-0.3, -0.25) is 4.79 Å². The summed E-state index contributed by atoms with van der Waals surface area (Å²) < 4.78 is 21.6. The van der Waals surface area contributed by atoms with Crippen LogP contribution in [0.2, 0.25) is 0 Å². The Morgan fingerprint density at radius 2 is 1.52 bits per heavy atom. The van der Waals surface area contributed by atoms with Crippen molar-refractivity contribution in [2.45, 2.75) is 19.6 Å². The average Bonchev–Trinajstić information content (AvgIpc) is 2.76. The smallest absolute Gasteiger partial charge is 0.261 e. The van der Waals surface area contributed by atoms with Crippen molar-refractivity contribution in [1.82, 2.24) is 5.32 Å². The van der Waals surface area contributed by atoms with E-state index in [9.17, 15) is 4.79 Å². The molecule has 3 aromatic carbocycles. The minimum atomic E-state index is -0.641. The fourth-order valence-corrected chi connectivity index (χ4v) is 2.98. The molecule has 0 spiro atoms. The highest BCUT2D eigenvalue weighted by Gasteiger charge is 2.15. The number of carbonyl (C=O) groups excluding carboxylic acids is 1. The van der Waals surface area contributed by atoms with E-state index in [-0.39, 0.29) is 5.91 Å². The standard InChI is InChI=1S/C23H25NO5/c1-15(23(25)24-14-16-5-10-21(27-3)22(11-16)28-4)29-20-9-7-17-6-8-19(26-2)12-18(17)13-20/h5-13,15H,14H2,1-4H3,(H,24,25)/t15-/m0/s1. The van der Waals surface area contributed by atoms with Crippen molar-refractivity contribution in [3.05, 3.63) is 60.2 Å². The Bertz CT molecular complexity index is 1000. The van der Waals surface area contributed by atoms with Gasteiger partial charge in [-0.25, -0.2) is 0 Å². The van der Waals surface area contributed by atoms with Crippen LogP contribution >= 0.6 is 0 Å². The molecule has 0 aliphatic rings. The summed E-state index contributed by atoms with van der Waals surface area (Å²) in [6.45, 7) is 2.08. The molecular formula is C23H25NO5. The molecule has 0 aliphatic heterocycles. The van der Waals surface area contributed by atoms with Crippen LogP contribution in [0.1, 0.15) is 12.5 Å². The number of rotatable bonds is 8. The zero-order valence-electron chi connectivity index (χ0n) is 17.0. The third-order valence-electron chi connectivity index (χ3n) is 4.62. The zero-order valence-corrected chi connectivity index (χ0v) is 17.0. The van der Waals surface area contributed by atoms with Crippen molar-refractivity contribution >= 4 is 16.7 Å². The fraction of sp³-hybridized carbons (Fsp3) is 0.261. The Morgan fingerprint density at radius 3 is 2.21 bits per heavy atom. The SMILES string of the molecule is COc1ccc2ccc(O[C@@H](C)C(=O)NCc3ccc(OC)c(OC)c3)cc2c1. The second-order valence-corrected chi connectivity index (χ2v) is 6.54. The fourth-order valence-electron chi connectivity index (χ4n) is 2.98. The van der Waals surface area contributed by atoms with E-state index < -0.39 is 6.10 Å². The molecule has 1 amide bonds. The molecule has 0 saturated carbocycles. The number of ether oxygens (including phenoxy) is 4. The molecule has 0 saturated heterocycles. The highest BCUT2D eigenvalue weighted by molar-refractivity contribution is 5.85. The first-order valence-corrected chi connectivity index (χ1v) is 9.27. The first kappa shape index (κ1) is 20.3. The number of nitrogens with one attached hydrogen (secondary N) is 1. The van der Waals surface area contributed by atoms with Crippen LogP contribution < -0.4 is 24.3 Å². The molecule has 3 aromatic rings. The number of benzene rings is 3. The van der Waals surface area contributed by atoms with Gasteiger partial charge < -0.3 is 24.3 Å². The molecule has 3 rings (SSSR count). The first-order chi connectivity index (χ1) is 14.0. The van der Waals surface area contributed by atoms with Crippen LogP contribution in [-0.4, -0.2) is 33.3 Å². The molecule has 1 atom stereocenters. The van der Waals surface area contributed by atoms with Crippen LogP contribution in [0.15, 0.2) is 54.6 Å². The van der Waals surface area contributed by atoms with Gasteiger partial charge in [-0.15, -0.1) is 0 Å². The summed E-state index contributed by atoms with van der Waals surface area (Å²) in [5.41, 5.74) is 0.904. The molecule has 6 heteroatoms. The van der Waals surface area contributed by atoms with Gasteiger partial charge in [0.05, 0.1) is 21.3 Å². The Kier molecular flexibility index (Phi) is 6.44. The predicted molar refractivity (Wildman–Crippen MR) is 112 cm³/mol. The lowest BCUT2D eigenvalue weighted by atomic mass is 10.1. The molecule has 0 aromatic heterocycles. The quantitative estimate of drug-likeness (QED) is 0.626. The number of hydrogen-bond acceptors (Lipinski definition) is 5. The summed E-state index contributed by atoms with van der Waals surface area (Å²) in [6, 6.07) is 17.1. The maximum Gasteiger partial charge on any atom is 0.261 e. The molecule has 0 heterocycles. The van der Waals surface area contributed by atoms with Crippen LogP contribution in [-0.2, 0) is 11.3 Å². The van der Waals surface area contributed by atoms with Crippen LogP contribution in [0.3, 0.4) is 0 Å². The third kappa shape index (κ3) is 4.90. The Hall–Kier alpha value is -3.41. The lowest BCUT2D eigenvalue weighted by Crippen LogP contribution is -2.35. The maximum atomic E-state index is 12.5. The van der Waals surface area contributed by atoms with Crippen molar-refractivity contribution in [2.75, 3.05) is 21.3 Å². The molecule has 0 bridgehead atoms. The van der Waals surface area contributed by atoms with Crippen LogP contribution in [0.25, 0.3) is 10.8 Å². The molecule has 152 valence electrons. The van der Waals surface area contributed by atoms with Crippen molar-refractivity contribution in [1.29, 1.82) is 0 Å². The van der Waals surface area contributed by atoms with E-state index in [2.05, 4.69) is 5.32 Å². The number of amides is 1. The first-order valence-electron chi connectivity index (χ1n) is 9.27. The number of hydrogen-bond donors (Lipinski definition) is 1. The predicted octanol–water partition coefficient (Wildman–Crippen LogP) is 3.95. The van der Waals surface area contributed by atoms with Gasteiger partial charge in [-0.2, -0.15) is 0 Å². The molecule has 29 heavy (non-hydrogen) atoms. The molecule has 0 aliphatic carbocycles. The third-order valence-corrected chi connectivity index (χ3v) is 4.62. The number of carbonyl (C=O) groups is 1. The summed E-state index contributed by atoms with van der Waals surface area (Å²) in [7, 11) is 4.79. The minimum absolute atomic E-state index is 0.203. The second kappa shape index (κ2) is 9.19.